The van der Waals surface area contributed by atoms with Crippen LogP contribution in [0.25, 0.3) is 0 Å². The first-order chi connectivity index (χ1) is 16.2. The van der Waals surface area contributed by atoms with Gasteiger partial charge in [-0.25, -0.2) is 0 Å². The highest BCUT2D eigenvalue weighted by Gasteiger charge is 2.01. The fourth-order valence-electron chi connectivity index (χ4n) is 4.06. The maximum absolute atomic E-state index is 11.3. The lowest BCUT2D eigenvalue weighted by Crippen LogP contribution is -2.12. The Morgan fingerprint density at radius 3 is 1.42 bits per heavy atom. The fourth-order valence-corrected chi connectivity index (χ4v) is 4.06. The van der Waals surface area contributed by atoms with E-state index in [4.69, 9.17) is 14.2 Å². The third-order valence-corrected chi connectivity index (χ3v) is 6.43. The molecule has 0 aliphatic heterocycles. The molecule has 0 aromatic heterocycles. The Morgan fingerprint density at radius 2 is 1.00 bits per heavy atom. The van der Waals surface area contributed by atoms with Gasteiger partial charge in [0, 0.05) is 13.0 Å². The highest BCUT2D eigenvalue weighted by atomic mass is 16.5. The summed E-state index contributed by atoms with van der Waals surface area (Å²) < 4.78 is 16.2. The van der Waals surface area contributed by atoms with Crippen molar-refractivity contribution in [3.05, 3.63) is 0 Å². The Bertz CT molecular complexity index is 386. The van der Waals surface area contributed by atoms with E-state index in [-0.39, 0.29) is 5.97 Å². The Morgan fingerprint density at radius 1 is 0.576 bits per heavy atom. The van der Waals surface area contributed by atoms with Crippen LogP contribution >= 0.6 is 0 Å². The Labute approximate surface area is 206 Å². The lowest BCUT2D eigenvalue weighted by Gasteiger charge is -2.10. The largest absolute Gasteiger partial charge is 0.466 e. The van der Waals surface area contributed by atoms with Gasteiger partial charge in [0.15, 0.2) is 0 Å². The molecule has 33 heavy (non-hydrogen) atoms. The molecule has 0 aromatic carbocycles. The van der Waals surface area contributed by atoms with Gasteiger partial charge in [-0.05, 0) is 33.1 Å². The molecule has 4 heteroatoms. The Balaban J connectivity index is 3.06. The van der Waals surface area contributed by atoms with Gasteiger partial charge in [0.25, 0.3) is 0 Å². The predicted octanol–water partition coefficient (Wildman–Crippen LogP) is 8.79. The second kappa shape index (κ2) is 27.6. The van der Waals surface area contributed by atoms with E-state index in [9.17, 15) is 4.79 Å². The van der Waals surface area contributed by atoms with E-state index in [2.05, 4.69) is 13.8 Å². The summed E-state index contributed by atoms with van der Waals surface area (Å²) in [6.45, 7) is 9.00. The van der Waals surface area contributed by atoms with Gasteiger partial charge in [0.1, 0.15) is 0 Å². The van der Waals surface area contributed by atoms with E-state index in [0.717, 1.165) is 32.7 Å². The van der Waals surface area contributed by atoms with Crippen molar-refractivity contribution in [3.8, 4) is 0 Å². The topological polar surface area (TPSA) is 44.8 Å². The van der Waals surface area contributed by atoms with Crippen molar-refractivity contribution in [2.75, 3.05) is 26.4 Å². The van der Waals surface area contributed by atoms with Crippen LogP contribution in [0.2, 0.25) is 0 Å². The highest BCUT2D eigenvalue weighted by molar-refractivity contribution is 5.69. The summed E-state index contributed by atoms with van der Waals surface area (Å²) in [6, 6.07) is 0. The minimum atomic E-state index is -0.0339. The Hall–Kier alpha value is -0.610. The van der Waals surface area contributed by atoms with Crippen molar-refractivity contribution in [2.24, 2.45) is 0 Å². The summed E-state index contributed by atoms with van der Waals surface area (Å²) in [7, 11) is 0. The van der Waals surface area contributed by atoms with Crippen LogP contribution in [-0.2, 0) is 19.0 Å². The smallest absolute Gasteiger partial charge is 0.305 e. The van der Waals surface area contributed by atoms with E-state index in [1.54, 1.807) is 0 Å². The summed E-state index contributed by atoms with van der Waals surface area (Å²) in [5, 5.41) is 0. The van der Waals surface area contributed by atoms with Crippen molar-refractivity contribution >= 4 is 5.97 Å². The molecule has 0 saturated heterocycles. The molecule has 1 unspecified atom stereocenters. The molecule has 1 atom stereocenters. The Kier molecular flexibility index (Phi) is 27.1. The normalized spacial score (nSPS) is 12.2. The number of hydrogen-bond donors (Lipinski definition) is 0. The molecule has 0 rings (SSSR count). The molecule has 0 N–H and O–H groups in total. The van der Waals surface area contributed by atoms with Crippen molar-refractivity contribution in [1.82, 2.24) is 0 Å². The number of esters is 1. The van der Waals surface area contributed by atoms with Gasteiger partial charge in [0.2, 0.25) is 0 Å². The molecule has 0 aromatic rings. The van der Waals surface area contributed by atoms with Gasteiger partial charge in [-0.3, -0.25) is 4.79 Å². The van der Waals surface area contributed by atoms with Crippen molar-refractivity contribution < 1.29 is 19.0 Å². The van der Waals surface area contributed by atoms with Crippen LogP contribution in [0, 0.1) is 0 Å². The van der Waals surface area contributed by atoms with Crippen LogP contribution in [0.3, 0.4) is 0 Å². The van der Waals surface area contributed by atoms with E-state index >= 15 is 0 Å². The minimum absolute atomic E-state index is 0.0339. The van der Waals surface area contributed by atoms with E-state index in [0.29, 0.717) is 19.1 Å². The molecule has 0 bridgehead atoms. The zero-order chi connectivity index (χ0) is 24.2. The van der Waals surface area contributed by atoms with Gasteiger partial charge in [-0.2, -0.15) is 0 Å². The third kappa shape index (κ3) is 27.5. The SMILES string of the molecule is CCOC(=O)CCCCCCCCCCCCCCCCCCCCOCCOC(C)CC. The molecule has 0 saturated carbocycles. The van der Waals surface area contributed by atoms with Gasteiger partial charge in [-0.1, -0.05) is 110 Å². The average molecular weight is 471 g/mol. The molecule has 0 spiro atoms. The van der Waals surface area contributed by atoms with Crippen LogP contribution in [0.5, 0.6) is 0 Å². The quantitative estimate of drug-likeness (QED) is 0.0888. The predicted molar refractivity (Wildman–Crippen MR) is 141 cm³/mol. The molecule has 198 valence electrons. The van der Waals surface area contributed by atoms with Crippen LogP contribution in [0.1, 0.15) is 149 Å². The first kappa shape index (κ1) is 32.4. The van der Waals surface area contributed by atoms with Crippen LogP contribution in [-0.4, -0.2) is 38.5 Å². The first-order valence-corrected chi connectivity index (χ1v) is 14.6. The van der Waals surface area contributed by atoms with Crippen molar-refractivity contribution in [1.29, 1.82) is 0 Å². The molecule has 4 nitrogen and oxygen atoms in total. The van der Waals surface area contributed by atoms with Gasteiger partial charge in [0.05, 0.1) is 25.9 Å². The lowest BCUT2D eigenvalue weighted by molar-refractivity contribution is -0.143. The lowest BCUT2D eigenvalue weighted by atomic mass is 10.0. The number of ether oxygens (including phenoxy) is 3. The van der Waals surface area contributed by atoms with E-state index in [1.807, 2.05) is 6.92 Å². The monoisotopic (exact) mass is 470 g/mol. The van der Waals surface area contributed by atoms with Crippen molar-refractivity contribution in [2.45, 2.75) is 155 Å². The van der Waals surface area contributed by atoms with Crippen LogP contribution < -0.4 is 0 Å². The van der Waals surface area contributed by atoms with Gasteiger partial charge >= 0.3 is 5.97 Å². The number of hydrogen-bond acceptors (Lipinski definition) is 4. The molecule has 0 heterocycles. The summed E-state index contributed by atoms with van der Waals surface area (Å²) in [6.07, 6.45) is 26.1. The second-order valence-electron chi connectivity index (χ2n) is 9.62. The minimum Gasteiger partial charge on any atom is -0.466 e. The summed E-state index contributed by atoms with van der Waals surface area (Å²) in [5.74, 6) is -0.0339. The summed E-state index contributed by atoms with van der Waals surface area (Å²) in [4.78, 5) is 11.3. The number of carbonyl (C=O) groups is 1. The standard InChI is InChI=1S/C29H58O4/c1-4-28(3)33-27-26-31-25-23-21-19-17-15-13-11-9-7-6-8-10-12-14-16-18-20-22-24-29(30)32-5-2/h28H,4-27H2,1-3H3. The van der Waals surface area contributed by atoms with E-state index in [1.165, 1.54) is 109 Å². The van der Waals surface area contributed by atoms with Gasteiger partial charge in [-0.15, -0.1) is 0 Å². The van der Waals surface area contributed by atoms with E-state index < -0.39 is 0 Å². The number of unbranched alkanes of at least 4 members (excludes halogenated alkanes) is 17. The maximum atomic E-state index is 11.3. The number of rotatable bonds is 27. The van der Waals surface area contributed by atoms with Crippen LogP contribution in [0.15, 0.2) is 0 Å². The molecule has 0 aliphatic carbocycles. The molecule has 0 amide bonds. The molecule has 0 radical (unpaired) electrons. The molecular formula is C29H58O4. The molecular weight excluding hydrogens is 412 g/mol. The summed E-state index contributed by atoms with van der Waals surface area (Å²) >= 11 is 0. The van der Waals surface area contributed by atoms with Crippen LogP contribution in [0.4, 0.5) is 0 Å². The third-order valence-electron chi connectivity index (χ3n) is 6.43. The first-order valence-electron chi connectivity index (χ1n) is 14.6. The number of carbonyl (C=O) groups excluding carboxylic acids is 1. The zero-order valence-electron chi connectivity index (χ0n) is 22.7. The zero-order valence-corrected chi connectivity index (χ0v) is 22.7. The molecule has 0 aliphatic rings. The van der Waals surface area contributed by atoms with Gasteiger partial charge < -0.3 is 14.2 Å². The molecule has 0 fully saturated rings. The average Bonchev–Trinajstić information content (AvgIpc) is 2.81. The summed E-state index contributed by atoms with van der Waals surface area (Å²) in [5.41, 5.74) is 0. The van der Waals surface area contributed by atoms with Crippen molar-refractivity contribution in [3.63, 3.8) is 0 Å². The second-order valence-corrected chi connectivity index (χ2v) is 9.62. The maximum Gasteiger partial charge on any atom is 0.305 e. The highest BCUT2D eigenvalue weighted by Crippen LogP contribution is 2.14. The fraction of sp³-hybridized carbons (Fsp3) is 0.966.